The molecular formula is C23H23ClN4O3S. The number of morpholine rings is 1. The van der Waals surface area contributed by atoms with E-state index < -0.39 is 0 Å². The lowest BCUT2D eigenvalue weighted by molar-refractivity contribution is 0.0336. The Morgan fingerprint density at radius 1 is 1.19 bits per heavy atom. The number of amides is 1. The van der Waals surface area contributed by atoms with Crippen LogP contribution >= 0.6 is 23.4 Å². The van der Waals surface area contributed by atoms with Gasteiger partial charge >= 0.3 is 0 Å². The number of halogens is 1. The first-order chi connectivity index (χ1) is 15.6. The second kappa shape index (κ2) is 9.23. The molecule has 2 aromatic heterocycles. The average molecular weight is 471 g/mol. The van der Waals surface area contributed by atoms with Crippen LogP contribution in [0.5, 0.6) is 0 Å². The molecule has 2 aliphatic rings. The maximum absolute atomic E-state index is 13.4. The van der Waals surface area contributed by atoms with Gasteiger partial charge in [0.2, 0.25) is 5.43 Å². The quantitative estimate of drug-likeness (QED) is 0.618. The van der Waals surface area contributed by atoms with E-state index >= 15 is 0 Å². The molecule has 7 nitrogen and oxygen atoms in total. The minimum atomic E-state index is -0.373. The summed E-state index contributed by atoms with van der Waals surface area (Å²) in [6, 6.07) is 9.12. The maximum atomic E-state index is 13.4. The van der Waals surface area contributed by atoms with Crippen LogP contribution in [0, 0.1) is 0 Å². The summed E-state index contributed by atoms with van der Waals surface area (Å²) in [6.45, 7) is 4.84. The lowest BCUT2D eigenvalue weighted by Gasteiger charge is -2.27. The molecule has 1 saturated heterocycles. The fraction of sp³-hybridized carbons (Fsp3) is 0.348. The van der Waals surface area contributed by atoms with Crippen molar-refractivity contribution in [3.8, 4) is 0 Å². The summed E-state index contributed by atoms with van der Waals surface area (Å²) in [6.07, 6.45) is 1.68. The Labute approximate surface area is 194 Å². The Morgan fingerprint density at radius 3 is 2.75 bits per heavy atom. The number of hydrogen-bond acceptors (Lipinski definition) is 6. The lowest BCUT2D eigenvalue weighted by Crippen LogP contribution is -2.36. The van der Waals surface area contributed by atoms with Crippen molar-refractivity contribution in [2.24, 2.45) is 0 Å². The van der Waals surface area contributed by atoms with E-state index in [0.717, 1.165) is 47.2 Å². The van der Waals surface area contributed by atoms with Gasteiger partial charge in [-0.15, -0.1) is 11.8 Å². The summed E-state index contributed by atoms with van der Waals surface area (Å²) in [5.41, 5.74) is 2.50. The minimum absolute atomic E-state index is 0.160. The summed E-state index contributed by atoms with van der Waals surface area (Å²) in [4.78, 5) is 33.4. The average Bonchev–Trinajstić information content (AvgIpc) is 2.81. The molecular weight excluding hydrogens is 448 g/mol. The van der Waals surface area contributed by atoms with Crippen LogP contribution in [-0.4, -0.2) is 52.4 Å². The van der Waals surface area contributed by atoms with Gasteiger partial charge in [-0.1, -0.05) is 23.7 Å². The third-order valence-electron chi connectivity index (χ3n) is 5.75. The molecule has 0 bridgehead atoms. The first kappa shape index (κ1) is 21.5. The van der Waals surface area contributed by atoms with Gasteiger partial charge in [-0.3, -0.25) is 14.5 Å². The molecule has 5 rings (SSSR count). The van der Waals surface area contributed by atoms with Crippen molar-refractivity contribution in [1.82, 2.24) is 19.8 Å². The highest BCUT2D eigenvalue weighted by Gasteiger charge is 2.22. The molecule has 0 saturated carbocycles. The molecule has 0 aliphatic carbocycles. The Kier molecular flexibility index (Phi) is 6.19. The van der Waals surface area contributed by atoms with Crippen LogP contribution in [0.25, 0.3) is 10.9 Å². The molecule has 0 unspecified atom stereocenters. The number of benzene rings is 1. The molecule has 0 radical (unpaired) electrons. The summed E-state index contributed by atoms with van der Waals surface area (Å²) < 4.78 is 7.42. The molecule has 4 heterocycles. The molecule has 0 atom stereocenters. The van der Waals surface area contributed by atoms with E-state index in [2.05, 4.69) is 10.2 Å². The summed E-state index contributed by atoms with van der Waals surface area (Å²) in [5.74, 6) is 0.479. The van der Waals surface area contributed by atoms with E-state index in [1.54, 1.807) is 30.1 Å². The van der Waals surface area contributed by atoms with Crippen molar-refractivity contribution in [1.29, 1.82) is 0 Å². The van der Waals surface area contributed by atoms with E-state index in [1.165, 1.54) is 0 Å². The number of carbonyl (C=O) groups is 1. The molecule has 1 amide bonds. The van der Waals surface area contributed by atoms with Gasteiger partial charge in [-0.05, 0) is 23.8 Å². The van der Waals surface area contributed by atoms with E-state index in [9.17, 15) is 9.59 Å². The third-order valence-corrected chi connectivity index (χ3v) is 6.94. The highest BCUT2D eigenvalue weighted by atomic mass is 35.5. The topological polar surface area (TPSA) is 76.5 Å². The molecule has 0 spiro atoms. The number of ether oxygens (including phenoxy) is 1. The van der Waals surface area contributed by atoms with Crippen LogP contribution in [0.4, 0.5) is 0 Å². The van der Waals surface area contributed by atoms with Crippen LogP contribution in [0.3, 0.4) is 0 Å². The molecule has 166 valence electrons. The summed E-state index contributed by atoms with van der Waals surface area (Å²) >= 11 is 7.59. The SMILES string of the molecule is O=C(NCc1ccc(Cl)cc1)c1cn2c3c(nc(CN4CCOCC4)cc3c1=O)SCC2. The van der Waals surface area contributed by atoms with Gasteiger partial charge in [0, 0.05) is 49.7 Å². The number of hydrogen-bond donors (Lipinski definition) is 1. The second-order valence-corrected chi connectivity index (χ2v) is 9.45. The van der Waals surface area contributed by atoms with Crippen molar-refractivity contribution in [3.05, 3.63) is 68.6 Å². The van der Waals surface area contributed by atoms with Gasteiger partial charge in [0.05, 0.1) is 29.8 Å². The van der Waals surface area contributed by atoms with E-state index in [0.29, 0.717) is 36.7 Å². The van der Waals surface area contributed by atoms with Gasteiger partial charge in [-0.2, -0.15) is 0 Å². The normalized spacial score (nSPS) is 16.3. The number of carbonyl (C=O) groups excluding carboxylic acids is 1. The van der Waals surface area contributed by atoms with Crippen molar-refractivity contribution in [3.63, 3.8) is 0 Å². The molecule has 1 fully saturated rings. The predicted molar refractivity (Wildman–Crippen MR) is 125 cm³/mol. The van der Waals surface area contributed by atoms with Gasteiger partial charge in [0.1, 0.15) is 10.6 Å². The summed E-state index contributed by atoms with van der Waals surface area (Å²) in [5, 5.41) is 4.93. The summed E-state index contributed by atoms with van der Waals surface area (Å²) in [7, 11) is 0. The van der Waals surface area contributed by atoms with E-state index in [1.807, 2.05) is 22.8 Å². The molecule has 2 aliphatic heterocycles. The third kappa shape index (κ3) is 4.41. The molecule has 1 aromatic carbocycles. The lowest BCUT2D eigenvalue weighted by atomic mass is 10.1. The Bertz CT molecular complexity index is 1220. The number of aryl methyl sites for hydroxylation is 1. The standard InChI is InChI=1S/C23H23ClN4O3S/c24-16-3-1-15(2-4-16)12-25-22(30)19-14-28-7-10-32-23-20(28)18(21(19)29)11-17(26-23)13-27-5-8-31-9-6-27/h1-4,11,14H,5-10,12-13H2,(H,25,30). The van der Waals surface area contributed by atoms with Crippen LogP contribution in [0.2, 0.25) is 5.02 Å². The van der Waals surface area contributed by atoms with Gasteiger partial charge in [0.25, 0.3) is 5.91 Å². The number of nitrogens with one attached hydrogen (secondary N) is 1. The molecule has 1 N–H and O–H groups in total. The largest absolute Gasteiger partial charge is 0.379 e. The Balaban J connectivity index is 1.47. The highest BCUT2D eigenvalue weighted by Crippen LogP contribution is 2.30. The monoisotopic (exact) mass is 470 g/mol. The van der Waals surface area contributed by atoms with Crippen LogP contribution < -0.4 is 10.7 Å². The zero-order valence-electron chi connectivity index (χ0n) is 17.5. The van der Waals surface area contributed by atoms with E-state index in [4.69, 9.17) is 21.3 Å². The first-order valence-electron chi connectivity index (χ1n) is 10.6. The van der Waals surface area contributed by atoms with E-state index in [-0.39, 0.29) is 16.9 Å². The zero-order chi connectivity index (χ0) is 22.1. The molecule has 3 aromatic rings. The van der Waals surface area contributed by atoms with Gasteiger partial charge < -0.3 is 14.6 Å². The number of nitrogens with zero attached hydrogens (tertiary/aromatic N) is 3. The number of thioether (sulfide) groups is 1. The Hall–Kier alpha value is -2.39. The predicted octanol–water partition coefficient (Wildman–Crippen LogP) is 2.92. The van der Waals surface area contributed by atoms with Crippen LogP contribution in [-0.2, 0) is 24.4 Å². The van der Waals surface area contributed by atoms with Crippen molar-refractivity contribution >= 4 is 40.2 Å². The first-order valence-corrected chi connectivity index (χ1v) is 12.0. The smallest absolute Gasteiger partial charge is 0.257 e. The van der Waals surface area contributed by atoms with Crippen molar-refractivity contribution in [2.45, 2.75) is 24.7 Å². The van der Waals surface area contributed by atoms with Crippen LogP contribution in [0.1, 0.15) is 21.6 Å². The number of rotatable bonds is 5. The van der Waals surface area contributed by atoms with Gasteiger partial charge in [-0.25, -0.2) is 4.98 Å². The maximum Gasteiger partial charge on any atom is 0.257 e. The van der Waals surface area contributed by atoms with Crippen molar-refractivity contribution < 1.29 is 9.53 Å². The second-order valence-electron chi connectivity index (χ2n) is 7.93. The Morgan fingerprint density at radius 2 is 1.97 bits per heavy atom. The fourth-order valence-corrected chi connectivity index (χ4v) is 5.22. The van der Waals surface area contributed by atoms with Gasteiger partial charge in [0.15, 0.2) is 0 Å². The van der Waals surface area contributed by atoms with Crippen LogP contribution in [0.15, 0.2) is 46.3 Å². The molecule has 32 heavy (non-hydrogen) atoms. The number of aromatic nitrogens is 2. The fourth-order valence-electron chi connectivity index (χ4n) is 4.07. The zero-order valence-corrected chi connectivity index (χ0v) is 19.0. The highest BCUT2D eigenvalue weighted by molar-refractivity contribution is 7.99. The minimum Gasteiger partial charge on any atom is -0.379 e. The van der Waals surface area contributed by atoms with Crippen molar-refractivity contribution in [2.75, 3.05) is 32.1 Å². The molecule has 9 heteroatoms. The number of pyridine rings is 2.